The quantitative estimate of drug-likeness (QED) is 0.834. The van der Waals surface area contributed by atoms with Crippen molar-refractivity contribution >= 4 is 0 Å². The molecule has 2 N–H and O–H groups in total. The van der Waals surface area contributed by atoms with Gasteiger partial charge in [0.25, 0.3) is 0 Å². The Morgan fingerprint density at radius 1 is 1.05 bits per heavy atom. The molecule has 1 aromatic rings. The Kier molecular flexibility index (Phi) is 4.63. The molecule has 1 aliphatic rings. The molecule has 21 heavy (non-hydrogen) atoms. The van der Waals surface area contributed by atoms with Crippen LogP contribution in [0.25, 0.3) is 0 Å². The predicted molar refractivity (Wildman–Crippen MR) is 75.2 cm³/mol. The molecule has 0 unspecified atom stereocenters. The minimum absolute atomic E-state index is 0.194. The van der Waals surface area contributed by atoms with Crippen molar-refractivity contribution in [1.82, 2.24) is 5.32 Å². The van der Waals surface area contributed by atoms with Crippen LogP contribution in [-0.4, -0.2) is 17.3 Å². The van der Waals surface area contributed by atoms with Gasteiger partial charge in [0.1, 0.15) is 0 Å². The highest BCUT2D eigenvalue weighted by Crippen LogP contribution is 2.39. The van der Waals surface area contributed by atoms with Crippen LogP contribution in [0.1, 0.15) is 45.1 Å². The molecular formula is C16H22F3NO. The molecule has 0 amide bonds. The minimum Gasteiger partial charge on any atom is -0.389 e. The molecular weight excluding hydrogens is 279 g/mol. The molecule has 0 bridgehead atoms. The fraction of sp³-hybridized carbons (Fsp3) is 0.625. The second-order valence-corrected chi connectivity index (χ2v) is 6.87. The molecule has 5 heteroatoms. The molecule has 0 aromatic heterocycles. The lowest BCUT2D eigenvalue weighted by Gasteiger charge is -2.40. The first-order valence-corrected chi connectivity index (χ1v) is 7.27. The zero-order valence-corrected chi connectivity index (χ0v) is 12.5. The molecule has 2 rings (SSSR count). The number of benzene rings is 1. The van der Waals surface area contributed by atoms with Crippen LogP contribution in [0.2, 0.25) is 0 Å². The summed E-state index contributed by atoms with van der Waals surface area (Å²) in [5, 5.41) is 13.5. The first-order chi connectivity index (χ1) is 9.71. The smallest absolute Gasteiger partial charge is 0.194 e. The topological polar surface area (TPSA) is 32.3 Å². The molecule has 0 aliphatic heterocycles. The molecule has 1 fully saturated rings. The van der Waals surface area contributed by atoms with E-state index < -0.39 is 23.1 Å². The van der Waals surface area contributed by atoms with Crippen LogP contribution >= 0.6 is 0 Å². The van der Waals surface area contributed by atoms with Crippen molar-refractivity contribution in [2.45, 2.75) is 51.7 Å². The monoisotopic (exact) mass is 301 g/mol. The molecule has 0 saturated heterocycles. The number of hydrogen-bond donors (Lipinski definition) is 2. The Morgan fingerprint density at radius 3 is 2.10 bits per heavy atom. The van der Waals surface area contributed by atoms with Crippen molar-refractivity contribution in [1.29, 1.82) is 0 Å². The third-order valence-electron chi connectivity index (χ3n) is 4.36. The maximum absolute atomic E-state index is 13.1. The van der Waals surface area contributed by atoms with E-state index in [9.17, 15) is 18.3 Å². The summed E-state index contributed by atoms with van der Waals surface area (Å²) in [5.74, 6) is -3.83. The van der Waals surface area contributed by atoms with E-state index in [0.29, 0.717) is 24.9 Å². The average Bonchev–Trinajstić information content (AvgIpc) is 2.40. The number of nitrogens with one attached hydrogen (secondary N) is 1. The van der Waals surface area contributed by atoms with E-state index in [2.05, 4.69) is 19.2 Å². The third kappa shape index (κ3) is 4.20. The van der Waals surface area contributed by atoms with Crippen LogP contribution < -0.4 is 5.32 Å². The molecule has 0 heterocycles. The molecule has 1 aliphatic carbocycles. The van der Waals surface area contributed by atoms with E-state index in [1.807, 2.05) is 0 Å². The van der Waals surface area contributed by atoms with Crippen molar-refractivity contribution in [3.05, 3.63) is 35.1 Å². The van der Waals surface area contributed by atoms with Crippen LogP contribution in [0.5, 0.6) is 0 Å². The van der Waals surface area contributed by atoms with Gasteiger partial charge >= 0.3 is 0 Å². The second-order valence-electron chi connectivity index (χ2n) is 6.87. The number of aliphatic hydroxyl groups is 1. The summed E-state index contributed by atoms with van der Waals surface area (Å²) in [6.45, 7) is 4.93. The summed E-state index contributed by atoms with van der Waals surface area (Å²) in [6.07, 6.45) is 3.31. The van der Waals surface area contributed by atoms with Gasteiger partial charge in [-0.3, -0.25) is 0 Å². The number of hydrogen-bond acceptors (Lipinski definition) is 2. The van der Waals surface area contributed by atoms with Crippen molar-refractivity contribution in [2.24, 2.45) is 5.41 Å². The van der Waals surface area contributed by atoms with Crippen LogP contribution in [0.3, 0.4) is 0 Å². The van der Waals surface area contributed by atoms with Crippen LogP contribution in [0, 0.1) is 22.9 Å². The van der Waals surface area contributed by atoms with Crippen molar-refractivity contribution < 1.29 is 18.3 Å². The van der Waals surface area contributed by atoms with E-state index in [1.54, 1.807) is 0 Å². The lowest BCUT2D eigenvalue weighted by Crippen LogP contribution is -2.44. The van der Waals surface area contributed by atoms with Gasteiger partial charge in [-0.2, -0.15) is 0 Å². The van der Waals surface area contributed by atoms with Crippen molar-refractivity contribution in [3.63, 3.8) is 0 Å². The first-order valence-electron chi connectivity index (χ1n) is 7.27. The fourth-order valence-corrected chi connectivity index (χ4v) is 2.72. The van der Waals surface area contributed by atoms with Gasteiger partial charge in [-0.15, -0.1) is 0 Å². The lowest BCUT2D eigenvalue weighted by molar-refractivity contribution is -0.0245. The number of rotatable bonds is 4. The summed E-state index contributed by atoms with van der Waals surface area (Å²) in [4.78, 5) is 0. The van der Waals surface area contributed by atoms with Gasteiger partial charge in [0, 0.05) is 13.1 Å². The molecule has 1 saturated carbocycles. The fourth-order valence-electron chi connectivity index (χ4n) is 2.72. The van der Waals surface area contributed by atoms with Gasteiger partial charge in [-0.05, 0) is 48.8 Å². The normalized spacial score (nSPS) is 20.5. The van der Waals surface area contributed by atoms with Gasteiger partial charge in [-0.1, -0.05) is 13.8 Å². The highest BCUT2D eigenvalue weighted by Gasteiger charge is 2.36. The second kappa shape index (κ2) is 5.97. The van der Waals surface area contributed by atoms with E-state index in [0.717, 1.165) is 25.0 Å². The Morgan fingerprint density at radius 2 is 1.57 bits per heavy atom. The maximum atomic E-state index is 13.1. The largest absolute Gasteiger partial charge is 0.389 e. The van der Waals surface area contributed by atoms with Gasteiger partial charge in [0.2, 0.25) is 0 Å². The molecule has 0 atom stereocenters. The highest BCUT2D eigenvalue weighted by atomic mass is 19.2. The summed E-state index contributed by atoms with van der Waals surface area (Å²) >= 11 is 0. The Labute approximate surface area is 123 Å². The highest BCUT2D eigenvalue weighted by molar-refractivity contribution is 5.19. The van der Waals surface area contributed by atoms with Crippen molar-refractivity contribution in [2.75, 3.05) is 6.54 Å². The summed E-state index contributed by atoms with van der Waals surface area (Å²) in [6, 6.07) is 1.94. The Bertz CT molecular complexity index is 483. The lowest BCUT2D eigenvalue weighted by atomic mass is 9.71. The molecule has 0 spiro atoms. The third-order valence-corrected chi connectivity index (χ3v) is 4.36. The molecule has 2 nitrogen and oxygen atoms in total. The van der Waals surface area contributed by atoms with E-state index >= 15 is 0 Å². The van der Waals surface area contributed by atoms with Crippen LogP contribution in [-0.2, 0) is 6.54 Å². The van der Waals surface area contributed by atoms with Gasteiger partial charge in [0.15, 0.2) is 17.5 Å². The summed E-state index contributed by atoms with van der Waals surface area (Å²) < 4.78 is 39.0. The van der Waals surface area contributed by atoms with Gasteiger partial charge in [0.05, 0.1) is 5.60 Å². The average molecular weight is 301 g/mol. The Hall–Kier alpha value is -1.07. The zero-order chi connectivity index (χ0) is 15.7. The van der Waals surface area contributed by atoms with E-state index in [1.165, 1.54) is 0 Å². The van der Waals surface area contributed by atoms with Crippen molar-refractivity contribution in [3.8, 4) is 0 Å². The SMILES string of the molecule is CC1(C)CCC(O)(CNCc2cc(F)c(F)c(F)c2)CC1. The van der Waals surface area contributed by atoms with Gasteiger partial charge in [-0.25, -0.2) is 13.2 Å². The van der Waals surface area contributed by atoms with E-state index in [4.69, 9.17) is 0 Å². The zero-order valence-electron chi connectivity index (χ0n) is 12.5. The van der Waals surface area contributed by atoms with E-state index in [-0.39, 0.29) is 12.0 Å². The molecule has 118 valence electrons. The standard InChI is InChI=1S/C16H22F3NO/c1-15(2)3-5-16(21,6-4-15)10-20-9-11-7-12(17)14(19)13(18)8-11/h7-8,20-21H,3-6,9-10H2,1-2H3. The van der Waals surface area contributed by atoms with Crippen LogP contribution in [0.4, 0.5) is 13.2 Å². The predicted octanol–water partition coefficient (Wildman–Crippen LogP) is 3.52. The van der Waals surface area contributed by atoms with Crippen LogP contribution in [0.15, 0.2) is 12.1 Å². The minimum atomic E-state index is -1.45. The first kappa shape index (κ1) is 16.3. The Balaban J connectivity index is 1.87. The maximum Gasteiger partial charge on any atom is 0.194 e. The van der Waals surface area contributed by atoms with Gasteiger partial charge < -0.3 is 10.4 Å². The summed E-state index contributed by atoms with van der Waals surface area (Å²) in [7, 11) is 0. The molecule has 0 radical (unpaired) electrons. The summed E-state index contributed by atoms with van der Waals surface area (Å²) in [5.41, 5.74) is -0.187. The number of halogens is 3. The molecule has 1 aromatic carbocycles.